The van der Waals surface area contributed by atoms with E-state index in [9.17, 15) is 19.5 Å². The molecule has 0 aliphatic heterocycles. The van der Waals surface area contributed by atoms with Crippen LogP contribution in [0, 0.1) is 18.8 Å². The first-order valence-electron chi connectivity index (χ1n) is 9.19. The number of carboxylic acid groups (broad SMARTS) is 1. The monoisotopic (exact) mass is 393 g/mol. The number of nitrogens with one attached hydrogen (secondary N) is 1. The van der Waals surface area contributed by atoms with Gasteiger partial charge in [0.15, 0.2) is 0 Å². The molecule has 6 nitrogen and oxygen atoms in total. The van der Waals surface area contributed by atoms with E-state index in [1.807, 2.05) is 27.7 Å². The predicted octanol–water partition coefficient (Wildman–Crippen LogP) is 4.18. The van der Waals surface area contributed by atoms with Crippen LogP contribution < -0.4 is 5.32 Å². The molecule has 0 aromatic carbocycles. The first-order chi connectivity index (χ1) is 12.7. The first kappa shape index (κ1) is 21.2. The molecule has 0 radical (unpaired) electrons. The molecule has 1 heterocycles. The van der Waals surface area contributed by atoms with Gasteiger partial charge in [-0.05, 0) is 52.5 Å². The number of esters is 1. The number of carbonyl (C=O) groups excluding carboxylic acids is 2. The van der Waals surface area contributed by atoms with Crippen molar-refractivity contribution in [1.82, 2.24) is 0 Å². The Morgan fingerprint density at radius 1 is 1.11 bits per heavy atom. The summed E-state index contributed by atoms with van der Waals surface area (Å²) in [6, 6.07) is 0. The maximum atomic E-state index is 12.9. The van der Waals surface area contributed by atoms with E-state index in [1.165, 1.54) is 11.3 Å². The van der Waals surface area contributed by atoms with Crippen LogP contribution in [-0.4, -0.2) is 29.6 Å². The van der Waals surface area contributed by atoms with Crippen molar-refractivity contribution >= 4 is 34.2 Å². The van der Waals surface area contributed by atoms with Crippen molar-refractivity contribution in [2.24, 2.45) is 11.8 Å². The number of carboxylic acids is 1. The van der Waals surface area contributed by atoms with Crippen molar-refractivity contribution in [2.45, 2.75) is 53.9 Å². The smallest absolute Gasteiger partial charge is 0.341 e. The zero-order valence-electron chi connectivity index (χ0n) is 16.5. The van der Waals surface area contributed by atoms with Crippen LogP contribution >= 0.6 is 11.3 Å². The van der Waals surface area contributed by atoms with E-state index < -0.39 is 23.8 Å². The summed E-state index contributed by atoms with van der Waals surface area (Å²) in [5, 5.41) is 12.8. The van der Waals surface area contributed by atoms with E-state index in [-0.39, 0.29) is 12.5 Å². The van der Waals surface area contributed by atoms with Crippen LogP contribution in [0.5, 0.6) is 0 Å². The summed E-state index contributed by atoms with van der Waals surface area (Å²) in [4.78, 5) is 38.0. The molecule has 1 aliphatic rings. The number of ether oxygens (including phenoxy) is 1. The molecule has 2 N–H and O–H groups in total. The normalized spacial score (nSPS) is 19.7. The molecule has 1 aromatic heterocycles. The molecule has 1 amide bonds. The van der Waals surface area contributed by atoms with Crippen LogP contribution in [0.2, 0.25) is 0 Å². The first-order valence-corrected chi connectivity index (χ1v) is 10.0. The number of thiophene rings is 1. The molecule has 0 saturated carbocycles. The fraction of sp³-hybridized carbons (Fsp3) is 0.550. The number of anilines is 1. The molecule has 2 rings (SSSR count). The van der Waals surface area contributed by atoms with Gasteiger partial charge in [-0.3, -0.25) is 9.59 Å². The molecular weight excluding hydrogens is 366 g/mol. The minimum atomic E-state index is -0.968. The van der Waals surface area contributed by atoms with Crippen LogP contribution in [0.25, 0.3) is 0 Å². The highest BCUT2D eigenvalue weighted by atomic mass is 32.1. The highest BCUT2D eigenvalue weighted by molar-refractivity contribution is 7.16. The van der Waals surface area contributed by atoms with E-state index in [1.54, 1.807) is 6.92 Å². The molecule has 0 bridgehead atoms. The third-order valence-electron chi connectivity index (χ3n) is 5.20. The number of hydrogen-bond donors (Lipinski definition) is 2. The summed E-state index contributed by atoms with van der Waals surface area (Å²) in [7, 11) is 0. The molecule has 0 saturated heterocycles. The topological polar surface area (TPSA) is 92.7 Å². The average Bonchev–Trinajstić information content (AvgIpc) is 2.91. The Morgan fingerprint density at radius 2 is 1.70 bits per heavy atom. The third-order valence-corrected chi connectivity index (χ3v) is 6.26. The van der Waals surface area contributed by atoms with Gasteiger partial charge in [-0.25, -0.2) is 4.79 Å². The molecule has 0 fully saturated rings. The molecule has 27 heavy (non-hydrogen) atoms. The summed E-state index contributed by atoms with van der Waals surface area (Å²) < 4.78 is 5.16. The van der Waals surface area contributed by atoms with E-state index in [2.05, 4.69) is 5.32 Å². The summed E-state index contributed by atoms with van der Waals surface area (Å²) in [5.41, 5.74) is 3.33. The number of allylic oxidation sites excluding steroid dienone is 2. The van der Waals surface area contributed by atoms with Crippen molar-refractivity contribution in [3.05, 3.63) is 27.2 Å². The SMILES string of the molecule is CCOC(=O)c1c(NC(=O)[C@H]2CC(C)=C(C)C[C@@H]2C(=O)O)sc(C)c1CC. The third kappa shape index (κ3) is 4.40. The fourth-order valence-electron chi connectivity index (χ4n) is 3.54. The highest BCUT2D eigenvalue weighted by Crippen LogP contribution is 2.38. The van der Waals surface area contributed by atoms with Crippen molar-refractivity contribution in [1.29, 1.82) is 0 Å². The Morgan fingerprint density at radius 3 is 2.22 bits per heavy atom. The summed E-state index contributed by atoms with van der Waals surface area (Å²) in [6.07, 6.45) is 1.43. The van der Waals surface area contributed by atoms with Gasteiger partial charge in [0.2, 0.25) is 5.91 Å². The predicted molar refractivity (Wildman–Crippen MR) is 105 cm³/mol. The van der Waals surface area contributed by atoms with Crippen LogP contribution in [0.3, 0.4) is 0 Å². The summed E-state index contributed by atoms with van der Waals surface area (Å²) in [6.45, 7) is 9.67. The highest BCUT2D eigenvalue weighted by Gasteiger charge is 2.38. The number of rotatable bonds is 6. The number of aryl methyl sites for hydroxylation is 1. The largest absolute Gasteiger partial charge is 0.481 e. The molecule has 2 atom stereocenters. The van der Waals surface area contributed by atoms with Gasteiger partial charge in [0.1, 0.15) is 5.00 Å². The lowest BCUT2D eigenvalue weighted by Gasteiger charge is -2.29. The van der Waals surface area contributed by atoms with E-state index in [4.69, 9.17) is 4.74 Å². The van der Waals surface area contributed by atoms with Gasteiger partial charge in [0.05, 0.1) is 24.0 Å². The Balaban J connectivity index is 2.34. The molecule has 7 heteroatoms. The van der Waals surface area contributed by atoms with Gasteiger partial charge in [0.25, 0.3) is 0 Å². The van der Waals surface area contributed by atoms with Crippen molar-refractivity contribution in [2.75, 3.05) is 11.9 Å². The molecule has 0 unspecified atom stereocenters. The molecule has 148 valence electrons. The Hall–Kier alpha value is -2.15. The van der Waals surface area contributed by atoms with Gasteiger partial charge in [-0.2, -0.15) is 0 Å². The van der Waals surface area contributed by atoms with Crippen LogP contribution in [0.4, 0.5) is 5.00 Å². The summed E-state index contributed by atoms with van der Waals surface area (Å²) in [5.74, 6) is -3.20. The molecule has 0 spiro atoms. The fourth-order valence-corrected chi connectivity index (χ4v) is 4.68. The van der Waals surface area contributed by atoms with Crippen LogP contribution in [0.15, 0.2) is 11.1 Å². The minimum absolute atomic E-state index is 0.247. The lowest BCUT2D eigenvalue weighted by Crippen LogP contribution is -2.36. The van der Waals surface area contributed by atoms with Gasteiger partial charge in [-0.1, -0.05) is 18.1 Å². The quantitative estimate of drug-likeness (QED) is 0.559. The number of aliphatic carboxylic acids is 1. The van der Waals surface area contributed by atoms with E-state index >= 15 is 0 Å². The zero-order chi connectivity index (χ0) is 20.3. The van der Waals surface area contributed by atoms with Gasteiger partial charge in [-0.15, -0.1) is 11.3 Å². The number of carbonyl (C=O) groups is 3. The van der Waals surface area contributed by atoms with Crippen molar-refractivity contribution < 1.29 is 24.2 Å². The Labute approximate surface area is 163 Å². The van der Waals surface area contributed by atoms with Crippen LogP contribution in [-0.2, 0) is 20.7 Å². The number of amides is 1. The average molecular weight is 394 g/mol. The minimum Gasteiger partial charge on any atom is -0.481 e. The lowest BCUT2D eigenvalue weighted by atomic mass is 9.76. The van der Waals surface area contributed by atoms with Crippen molar-refractivity contribution in [3.63, 3.8) is 0 Å². The Bertz CT molecular complexity index is 793. The van der Waals surface area contributed by atoms with Gasteiger partial charge < -0.3 is 15.2 Å². The molecule has 1 aliphatic carbocycles. The zero-order valence-corrected chi connectivity index (χ0v) is 17.3. The second-order valence-corrected chi connectivity index (χ2v) is 8.15. The maximum Gasteiger partial charge on any atom is 0.341 e. The standard InChI is InChI=1S/C20H27NO5S/c1-6-13-12(5)27-18(16(13)20(25)26-7-2)21-17(22)14-8-10(3)11(4)9-15(14)19(23)24/h14-15H,6-9H2,1-5H3,(H,21,22)(H,23,24)/t14-,15-/m0/s1. The molecular formula is C20H27NO5S. The van der Waals surface area contributed by atoms with Crippen LogP contribution in [0.1, 0.15) is 61.3 Å². The van der Waals surface area contributed by atoms with E-state index in [0.29, 0.717) is 29.8 Å². The maximum absolute atomic E-state index is 12.9. The lowest BCUT2D eigenvalue weighted by molar-refractivity contribution is -0.146. The second kappa shape index (κ2) is 8.69. The van der Waals surface area contributed by atoms with Gasteiger partial charge >= 0.3 is 11.9 Å². The second-order valence-electron chi connectivity index (χ2n) is 6.92. The van der Waals surface area contributed by atoms with Crippen molar-refractivity contribution in [3.8, 4) is 0 Å². The number of hydrogen-bond acceptors (Lipinski definition) is 5. The Kier molecular flexibility index (Phi) is 6.81. The van der Waals surface area contributed by atoms with Gasteiger partial charge in [0, 0.05) is 4.88 Å². The molecule has 1 aromatic rings. The summed E-state index contributed by atoms with van der Waals surface area (Å²) >= 11 is 1.33. The van der Waals surface area contributed by atoms with E-state index in [0.717, 1.165) is 21.6 Å².